The van der Waals surface area contributed by atoms with Gasteiger partial charge in [0.05, 0.1) is 0 Å². The maximum Gasteiger partial charge on any atom is 0.270 e. The van der Waals surface area contributed by atoms with Crippen LogP contribution < -0.4 is 10.6 Å². The van der Waals surface area contributed by atoms with Crippen LogP contribution in [0.2, 0.25) is 0 Å². The van der Waals surface area contributed by atoms with Crippen LogP contribution >= 0.6 is 0 Å². The molecule has 0 aliphatic rings. The fraction of sp³-hybridized carbons (Fsp3) is 0.353. The average Bonchev–Trinajstić information content (AvgIpc) is 2.48. The zero-order chi connectivity index (χ0) is 16.8. The summed E-state index contributed by atoms with van der Waals surface area (Å²) in [6.45, 7) is 5.16. The van der Waals surface area contributed by atoms with Crippen molar-refractivity contribution < 1.29 is 4.79 Å². The highest BCUT2D eigenvalue weighted by Crippen LogP contribution is 2.19. The molecule has 0 bridgehead atoms. The van der Waals surface area contributed by atoms with Crippen LogP contribution in [0.1, 0.15) is 21.9 Å². The van der Waals surface area contributed by atoms with E-state index in [1.165, 1.54) is 0 Å². The number of hydrogen-bond acceptors (Lipinski definition) is 5. The summed E-state index contributed by atoms with van der Waals surface area (Å²) in [7, 11) is 3.93. The third kappa shape index (κ3) is 5.03. The molecule has 1 amide bonds. The van der Waals surface area contributed by atoms with Gasteiger partial charge in [0, 0.05) is 24.8 Å². The van der Waals surface area contributed by atoms with Crippen molar-refractivity contribution >= 4 is 17.4 Å². The van der Waals surface area contributed by atoms with E-state index in [2.05, 4.69) is 20.6 Å². The van der Waals surface area contributed by atoms with Gasteiger partial charge in [-0.1, -0.05) is 18.2 Å². The molecule has 0 saturated heterocycles. The van der Waals surface area contributed by atoms with Gasteiger partial charge >= 0.3 is 0 Å². The SMILES string of the molecule is Cc1nc(Nc2ccccc2C)cc(C(=O)NCCN(C)C)n1. The van der Waals surface area contributed by atoms with Gasteiger partial charge in [-0.3, -0.25) is 4.79 Å². The zero-order valence-electron chi connectivity index (χ0n) is 14.1. The Balaban J connectivity index is 2.12. The van der Waals surface area contributed by atoms with E-state index >= 15 is 0 Å². The van der Waals surface area contributed by atoms with Gasteiger partial charge in [0.2, 0.25) is 0 Å². The quantitative estimate of drug-likeness (QED) is 0.855. The molecule has 0 radical (unpaired) electrons. The van der Waals surface area contributed by atoms with Crippen LogP contribution in [0.25, 0.3) is 0 Å². The van der Waals surface area contributed by atoms with E-state index in [1.54, 1.807) is 13.0 Å². The fourth-order valence-electron chi connectivity index (χ4n) is 2.08. The number of para-hydroxylation sites is 1. The van der Waals surface area contributed by atoms with E-state index < -0.39 is 0 Å². The lowest BCUT2D eigenvalue weighted by molar-refractivity contribution is 0.0945. The molecule has 0 saturated carbocycles. The molecule has 2 N–H and O–H groups in total. The van der Waals surface area contributed by atoms with E-state index in [0.717, 1.165) is 17.8 Å². The molecule has 23 heavy (non-hydrogen) atoms. The number of hydrogen-bond donors (Lipinski definition) is 2. The maximum absolute atomic E-state index is 12.2. The second-order valence-corrected chi connectivity index (χ2v) is 5.68. The second-order valence-electron chi connectivity index (χ2n) is 5.68. The number of nitrogens with one attached hydrogen (secondary N) is 2. The minimum Gasteiger partial charge on any atom is -0.349 e. The summed E-state index contributed by atoms with van der Waals surface area (Å²) in [5, 5.41) is 6.10. The van der Waals surface area contributed by atoms with Crippen molar-refractivity contribution in [1.82, 2.24) is 20.2 Å². The summed E-state index contributed by atoms with van der Waals surface area (Å²) < 4.78 is 0. The first kappa shape index (κ1) is 16.9. The lowest BCUT2D eigenvalue weighted by atomic mass is 10.2. The summed E-state index contributed by atoms with van der Waals surface area (Å²) >= 11 is 0. The number of benzene rings is 1. The third-order valence-corrected chi connectivity index (χ3v) is 3.32. The number of anilines is 2. The Morgan fingerprint density at radius 2 is 1.91 bits per heavy atom. The van der Waals surface area contributed by atoms with Crippen LogP contribution in [0.4, 0.5) is 11.5 Å². The molecule has 2 rings (SSSR count). The largest absolute Gasteiger partial charge is 0.349 e. The number of aryl methyl sites for hydroxylation is 2. The number of rotatable bonds is 6. The van der Waals surface area contributed by atoms with Crippen LogP contribution in [0.15, 0.2) is 30.3 Å². The first-order chi connectivity index (χ1) is 11.0. The number of amides is 1. The highest BCUT2D eigenvalue weighted by Gasteiger charge is 2.10. The Morgan fingerprint density at radius 3 is 2.61 bits per heavy atom. The second kappa shape index (κ2) is 7.69. The van der Waals surface area contributed by atoms with Crippen molar-refractivity contribution in [2.45, 2.75) is 13.8 Å². The predicted octanol–water partition coefficient (Wildman–Crippen LogP) is 2.13. The van der Waals surface area contributed by atoms with E-state index in [1.807, 2.05) is 50.2 Å². The summed E-state index contributed by atoms with van der Waals surface area (Å²) in [5.74, 6) is 0.982. The molecule has 0 unspecified atom stereocenters. The Bertz CT molecular complexity index is 684. The lowest BCUT2D eigenvalue weighted by Crippen LogP contribution is -2.32. The first-order valence-corrected chi connectivity index (χ1v) is 7.57. The van der Waals surface area contributed by atoms with Gasteiger partial charge < -0.3 is 15.5 Å². The van der Waals surface area contributed by atoms with Crippen molar-refractivity contribution in [3.63, 3.8) is 0 Å². The minimum atomic E-state index is -0.190. The molecule has 0 atom stereocenters. The van der Waals surface area contributed by atoms with Crippen LogP contribution in [0.5, 0.6) is 0 Å². The molecule has 6 nitrogen and oxygen atoms in total. The Hall–Kier alpha value is -2.47. The number of aromatic nitrogens is 2. The molecular formula is C17H23N5O. The summed E-state index contributed by atoms with van der Waals surface area (Å²) in [6.07, 6.45) is 0. The maximum atomic E-state index is 12.2. The number of likely N-dealkylation sites (N-methyl/N-ethyl adjacent to an activating group) is 1. The van der Waals surface area contributed by atoms with Gasteiger partial charge in [-0.25, -0.2) is 9.97 Å². The van der Waals surface area contributed by atoms with Gasteiger partial charge in [0.25, 0.3) is 5.91 Å². The molecule has 2 aromatic rings. The minimum absolute atomic E-state index is 0.190. The lowest BCUT2D eigenvalue weighted by Gasteiger charge is -2.12. The van der Waals surface area contributed by atoms with Crippen LogP contribution in [-0.4, -0.2) is 48.0 Å². The van der Waals surface area contributed by atoms with Crippen molar-refractivity contribution in [2.24, 2.45) is 0 Å². The van der Waals surface area contributed by atoms with Gasteiger partial charge in [0.1, 0.15) is 17.3 Å². The molecular weight excluding hydrogens is 290 g/mol. The summed E-state index contributed by atoms with van der Waals surface area (Å²) in [5.41, 5.74) is 2.44. The molecule has 1 heterocycles. The average molecular weight is 313 g/mol. The van der Waals surface area contributed by atoms with Crippen LogP contribution in [0.3, 0.4) is 0 Å². The summed E-state index contributed by atoms with van der Waals surface area (Å²) in [4.78, 5) is 22.8. The van der Waals surface area contributed by atoms with Gasteiger partial charge in [-0.2, -0.15) is 0 Å². The zero-order valence-corrected chi connectivity index (χ0v) is 14.1. The molecule has 0 aliphatic heterocycles. The predicted molar refractivity (Wildman–Crippen MR) is 92.1 cm³/mol. The highest BCUT2D eigenvalue weighted by molar-refractivity contribution is 5.93. The van der Waals surface area contributed by atoms with E-state index in [4.69, 9.17) is 0 Å². The van der Waals surface area contributed by atoms with Crippen molar-refractivity contribution in [2.75, 3.05) is 32.5 Å². The molecule has 1 aromatic heterocycles. The molecule has 6 heteroatoms. The molecule has 1 aromatic carbocycles. The van der Waals surface area contributed by atoms with Gasteiger partial charge in [-0.05, 0) is 39.6 Å². The fourth-order valence-corrected chi connectivity index (χ4v) is 2.08. The number of nitrogens with zero attached hydrogens (tertiary/aromatic N) is 3. The van der Waals surface area contributed by atoms with Crippen molar-refractivity contribution in [3.05, 3.63) is 47.4 Å². The Kier molecular flexibility index (Phi) is 5.65. The molecule has 0 spiro atoms. The van der Waals surface area contributed by atoms with E-state index in [9.17, 15) is 4.79 Å². The molecule has 0 fully saturated rings. The smallest absolute Gasteiger partial charge is 0.270 e. The Labute approximate surface area is 137 Å². The van der Waals surface area contributed by atoms with Crippen LogP contribution in [0, 0.1) is 13.8 Å². The van der Waals surface area contributed by atoms with Crippen molar-refractivity contribution in [1.29, 1.82) is 0 Å². The Morgan fingerprint density at radius 1 is 1.17 bits per heavy atom. The van der Waals surface area contributed by atoms with E-state index in [0.29, 0.717) is 23.9 Å². The van der Waals surface area contributed by atoms with E-state index in [-0.39, 0.29) is 5.91 Å². The molecule has 0 aliphatic carbocycles. The standard InChI is InChI=1S/C17H23N5O/c1-12-7-5-6-8-14(12)21-16-11-15(19-13(2)20-16)17(23)18-9-10-22(3)4/h5-8,11H,9-10H2,1-4H3,(H,18,23)(H,19,20,21). The number of carbonyl (C=O) groups is 1. The van der Waals surface area contributed by atoms with Gasteiger partial charge in [-0.15, -0.1) is 0 Å². The normalized spacial score (nSPS) is 10.7. The first-order valence-electron chi connectivity index (χ1n) is 7.57. The monoisotopic (exact) mass is 313 g/mol. The number of carbonyl (C=O) groups excluding carboxylic acids is 1. The molecule has 122 valence electrons. The third-order valence-electron chi connectivity index (χ3n) is 3.32. The van der Waals surface area contributed by atoms with Gasteiger partial charge in [0.15, 0.2) is 0 Å². The van der Waals surface area contributed by atoms with Crippen molar-refractivity contribution in [3.8, 4) is 0 Å². The highest BCUT2D eigenvalue weighted by atomic mass is 16.1. The summed E-state index contributed by atoms with van der Waals surface area (Å²) in [6, 6.07) is 9.60. The topological polar surface area (TPSA) is 70.2 Å². The van der Waals surface area contributed by atoms with Crippen LogP contribution in [-0.2, 0) is 0 Å².